The monoisotopic (exact) mass is 545 g/mol. The van der Waals surface area contributed by atoms with E-state index in [4.69, 9.17) is 5.73 Å². The summed E-state index contributed by atoms with van der Waals surface area (Å²) in [5.41, 5.74) is 11.0. The molecule has 0 aliphatic carbocycles. The summed E-state index contributed by atoms with van der Waals surface area (Å²) >= 11 is 1.56. The fraction of sp³-hybridized carbons (Fsp3) is 0.129. The van der Waals surface area contributed by atoms with Crippen molar-refractivity contribution >= 4 is 33.9 Å². The quantitative estimate of drug-likeness (QED) is 0.251. The Morgan fingerprint density at radius 1 is 0.925 bits per heavy atom. The minimum Gasteiger partial charge on any atom is -0.368 e. The van der Waals surface area contributed by atoms with Crippen molar-refractivity contribution in [2.75, 3.05) is 11.1 Å². The molecule has 0 radical (unpaired) electrons. The molecule has 0 spiro atoms. The van der Waals surface area contributed by atoms with E-state index in [1.807, 2.05) is 87.6 Å². The molecular weight excluding hydrogens is 518 g/mol. The molecule has 2 aromatic carbocycles. The highest BCUT2D eigenvalue weighted by molar-refractivity contribution is 7.15. The smallest absolute Gasteiger partial charge is 0.263 e. The largest absolute Gasteiger partial charge is 0.368 e. The van der Waals surface area contributed by atoms with Crippen LogP contribution < -0.4 is 16.6 Å². The average molecular weight is 546 g/mol. The summed E-state index contributed by atoms with van der Waals surface area (Å²) in [6.07, 6.45) is 5.29. The van der Waals surface area contributed by atoms with Crippen molar-refractivity contribution in [3.05, 3.63) is 112 Å². The Morgan fingerprint density at radius 2 is 1.75 bits per heavy atom. The Kier molecular flexibility index (Phi) is 6.57. The third kappa shape index (κ3) is 4.71. The third-order valence-corrected chi connectivity index (χ3v) is 7.73. The molecular formula is C31H27N7OS. The number of aryl methyl sites for hydroxylation is 2. The maximum atomic E-state index is 14.4. The van der Waals surface area contributed by atoms with Gasteiger partial charge in [-0.2, -0.15) is 4.98 Å². The lowest BCUT2D eigenvalue weighted by Crippen LogP contribution is -2.26. The summed E-state index contributed by atoms with van der Waals surface area (Å²) in [6.45, 7) is 5.91. The van der Waals surface area contributed by atoms with Crippen LogP contribution in [0.25, 0.3) is 38.0 Å². The van der Waals surface area contributed by atoms with E-state index in [1.165, 1.54) is 0 Å². The lowest BCUT2D eigenvalue weighted by atomic mass is 9.98. The summed E-state index contributed by atoms with van der Waals surface area (Å²) in [5, 5.41) is 5.96. The number of hydrogen-bond donors (Lipinski definition) is 2. The number of nitrogens with zero attached hydrogens (tertiary/aromatic N) is 5. The van der Waals surface area contributed by atoms with Crippen molar-refractivity contribution in [3.63, 3.8) is 0 Å². The predicted molar refractivity (Wildman–Crippen MR) is 162 cm³/mol. The molecule has 4 aromatic heterocycles. The van der Waals surface area contributed by atoms with Gasteiger partial charge >= 0.3 is 0 Å². The molecule has 0 unspecified atom stereocenters. The molecule has 3 N–H and O–H groups in total. The van der Waals surface area contributed by atoms with Crippen molar-refractivity contribution in [3.8, 4) is 27.3 Å². The number of thiazole rings is 1. The second-order valence-corrected chi connectivity index (χ2v) is 10.8. The Hall–Kier alpha value is -4.89. The molecule has 198 valence electrons. The summed E-state index contributed by atoms with van der Waals surface area (Å²) in [7, 11) is 0. The summed E-state index contributed by atoms with van der Waals surface area (Å²) < 4.78 is 1.78. The fourth-order valence-corrected chi connectivity index (χ4v) is 5.74. The SMILES string of the molecule is Cc1cc(-c2cccc3cc([C@H](C)Nc4nc(N)ncc4-c4cnc(C)s4)n(-c4ccccc4)c(=O)c23)ccn1. The Morgan fingerprint density at radius 3 is 2.50 bits per heavy atom. The van der Waals surface area contributed by atoms with E-state index in [9.17, 15) is 4.79 Å². The maximum Gasteiger partial charge on any atom is 0.263 e. The van der Waals surface area contributed by atoms with E-state index < -0.39 is 0 Å². The first-order valence-corrected chi connectivity index (χ1v) is 13.7. The van der Waals surface area contributed by atoms with Crippen LogP contribution in [0.2, 0.25) is 0 Å². The van der Waals surface area contributed by atoms with Crippen LogP contribution in [0.4, 0.5) is 11.8 Å². The van der Waals surface area contributed by atoms with Gasteiger partial charge in [0.25, 0.3) is 5.56 Å². The van der Waals surface area contributed by atoms with Gasteiger partial charge in [0.2, 0.25) is 5.95 Å². The number of pyridine rings is 2. The highest BCUT2D eigenvalue weighted by Gasteiger charge is 2.21. The normalized spacial score (nSPS) is 12.0. The number of aromatic nitrogens is 5. The first-order valence-electron chi connectivity index (χ1n) is 12.9. The average Bonchev–Trinajstić information content (AvgIpc) is 3.39. The van der Waals surface area contributed by atoms with Crippen LogP contribution in [0.1, 0.15) is 29.4 Å². The molecule has 0 amide bonds. The summed E-state index contributed by atoms with van der Waals surface area (Å²) in [5.74, 6) is 0.743. The number of hydrogen-bond acceptors (Lipinski definition) is 8. The number of anilines is 2. The minimum atomic E-state index is -0.314. The van der Waals surface area contributed by atoms with Gasteiger partial charge in [0.15, 0.2) is 0 Å². The summed E-state index contributed by atoms with van der Waals surface area (Å²) in [4.78, 5) is 32.8. The van der Waals surface area contributed by atoms with Crippen molar-refractivity contribution < 1.29 is 0 Å². The van der Waals surface area contributed by atoms with E-state index in [-0.39, 0.29) is 17.5 Å². The van der Waals surface area contributed by atoms with Gasteiger partial charge < -0.3 is 11.1 Å². The topological polar surface area (TPSA) is 112 Å². The number of nitrogen functional groups attached to an aromatic ring is 1. The molecule has 6 aromatic rings. The highest BCUT2D eigenvalue weighted by atomic mass is 32.1. The predicted octanol–water partition coefficient (Wildman–Crippen LogP) is 6.34. The van der Waals surface area contributed by atoms with E-state index in [0.29, 0.717) is 11.2 Å². The van der Waals surface area contributed by atoms with Gasteiger partial charge in [-0.25, -0.2) is 9.97 Å². The first-order chi connectivity index (χ1) is 19.4. The zero-order valence-corrected chi connectivity index (χ0v) is 23.1. The van der Waals surface area contributed by atoms with Gasteiger partial charge in [0, 0.05) is 35.7 Å². The number of nitrogens with two attached hydrogens (primary N) is 1. The number of rotatable bonds is 6. The molecule has 0 bridgehead atoms. The van der Waals surface area contributed by atoms with Gasteiger partial charge in [-0.05, 0) is 67.6 Å². The van der Waals surface area contributed by atoms with Crippen LogP contribution in [0.5, 0.6) is 0 Å². The van der Waals surface area contributed by atoms with Crippen LogP contribution >= 0.6 is 11.3 Å². The molecule has 0 aliphatic rings. The standard InChI is InChI=1S/C31H27N7OS/c1-18-14-21(12-13-33-18)24-11-7-8-22-15-26(38(30(39)28(22)24)23-9-5-4-6-10-23)19(2)36-29-25(16-35-31(32)37-29)27-17-34-20(3)40-27/h4-17,19H,1-3H3,(H3,32,35,36,37)/t19-/m0/s1. The second kappa shape index (κ2) is 10.3. The first kappa shape index (κ1) is 25.4. The molecule has 4 heterocycles. The molecule has 6 rings (SSSR count). The lowest BCUT2D eigenvalue weighted by molar-refractivity contribution is 0.773. The lowest BCUT2D eigenvalue weighted by Gasteiger charge is -2.23. The highest BCUT2D eigenvalue weighted by Crippen LogP contribution is 2.34. The molecule has 0 saturated carbocycles. The van der Waals surface area contributed by atoms with Gasteiger partial charge in [-0.3, -0.25) is 14.3 Å². The molecule has 40 heavy (non-hydrogen) atoms. The van der Waals surface area contributed by atoms with E-state index in [2.05, 4.69) is 31.3 Å². The molecule has 0 saturated heterocycles. The number of benzene rings is 2. The van der Waals surface area contributed by atoms with Crippen molar-refractivity contribution in [2.45, 2.75) is 26.8 Å². The van der Waals surface area contributed by atoms with Gasteiger partial charge in [-0.15, -0.1) is 11.3 Å². The number of nitrogens with one attached hydrogen (secondary N) is 1. The van der Waals surface area contributed by atoms with Gasteiger partial charge in [0.05, 0.1) is 26.9 Å². The molecule has 8 nitrogen and oxygen atoms in total. The van der Waals surface area contributed by atoms with E-state index >= 15 is 0 Å². The van der Waals surface area contributed by atoms with Crippen molar-refractivity contribution in [2.24, 2.45) is 0 Å². The van der Waals surface area contributed by atoms with Crippen LogP contribution in [0, 0.1) is 13.8 Å². The van der Waals surface area contributed by atoms with Gasteiger partial charge in [0.1, 0.15) is 5.82 Å². The Balaban J connectivity index is 1.54. The zero-order valence-electron chi connectivity index (χ0n) is 22.3. The zero-order chi connectivity index (χ0) is 27.8. The van der Waals surface area contributed by atoms with Crippen LogP contribution in [-0.2, 0) is 0 Å². The molecule has 0 fully saturated rings. The number of para-hydroxylation sites is 1. The maximum absolute atomic E-state index is 14.4. The second-order valence-electron chi connectivity index (χ2n) is 9.60. The van der Waals surface area contributed by atoms with Crippen LogP contribution in [0.3, 0.4) is 0 Å². The van der Waals surface area contributed by atoms with Crippen molar-refractivity contribution in [1.82, 2.24) is 24.5 Å². The fourth-order valence-electron chi connectivity index (χ4n) is 4.95. The number of fused-ring (bicyclic) bond motifs is 1. The van der Waals surface area contributed by atoms with E-state index in [1.54, 1.807) is 28.3 Å². The Bertz CT molecular complexity index is 1910. The van der Waals surface area contributed by atoms with Crippen LogP contribution in [0.15, 0.2) is 90.1 Å². The molecule has 0 aliphatic heterocycles. The van der Waals surface area contributed by atoms with E-state index in [0.717, 1.165) is 49.0 Å². The van der Waals surface area contributed by atoms with Crippen molar-refractivity contribution in [1.29, 1.82) is 0 Å². The molecule has 9 heteroatoms. The summed E-state index contributed by atoms with van der Waals surface area (Å²) in [6, 6.07) is 21.3. The minimum absolute atomic E-state index is 0.0991. The molecule has 1 atom stereocenters. The van der Waals surface area contributed by atoms with Gasteiger partial charge in [-0.1, -0.05) is 36.4 Å². The van der Waals surface area contributed by atoms with Crippen LogP contribution in [-0.4, -0.2) is 24.5 Å². The third-order valence-electron chi connectivity index (χ3n) is 6.79. The Labute approximate surface area is 235 Å².